The molecule has 5 heteroatoms. The molecular formula is BiF3Li. The summed E-state index contributed by atoms with van der Waals surface area (Å²) in [5.41, 5.74) is 0. The molecule has 0 atom stereocenters. The molecule has 0 amide bonds. The Kier molecular flexibility index (Phi) is 10.1. The van der Waals surface area contributed by atoms with Crippen LogP contribution in [-0.2, 0) is 0 Å². The van der Waals surface area contributed by atoms with Crippen molar-refractivity contribution in [1.29, 1.82) is 0 Å². The monoisotopic (exact) mass is 273 g/mol. The van der Waals surface area contributed by atoms with E-state index in [1.165, 1.54) is 0 Å². The predicted octanol–water partition coefficient (Wildman–Crippen LogP) is 0.499. The minimum atomic E-state index is -5.09. The smallest absolute Gasteiger partial charge is 0 e. The number of rotatable bonds is 0. The van der Waals surface area contributed by atoms with E-state index >= 15 is 0 Å². The fourth-order valence-corrected chi connectivity index (χ4v) is 0. The van der Waals surface area contributed by atoms with Crippen LogP contribution in [-0.4, -0.2) is 42.4 Å². The van der Waals surface area contributed by atoms with Gasteiger partial charge >= 0.3 is 31.5 Å². The van der Waals surface area contributed by atoms with Crippen LogP contribution in [0.25, 0.3) is 0 Å². The molecule has 27 valence electrons. The fourth-order valence-electron chi connectivity index (χ4n) is 0. The summed E-state index contributed by atoms with van der Waals surface area (Å²) in [6.45, 7) is 0. The standard InChI is InChI=1S/Bi.3FH.Li/h;3*1H;/q+3;;;;/p-3. The first kappa shape index (κ1) is 9.55. The molecule has 0 unspecified atom stereocenters. The van der Waals surface area contributed by atoms with Crippen LogP contribution >= 0.6 is 0 Å². The minimum absolute atomic E-state index is 0. The molecule has 0 aromatic heterocycles. The third-order valence-corrected chi connectivity index (χ3v) is 0. The van der Waals surface area contributed by atoms with Crippen LogP contribution in [0.3, 0.4) is 0 Å². The maximum absolute atomic E-state index is 9.87. The molecule has 1 radical (unpaired) electrons. The Morgan fingerprint density at radius 2 is 1.00 bits per heavy atom. The van der Waals surface area contributed by atoms with Gasteiger partial charge in [-0.3, -0.25) is 0 Å². The Hall–Kier alpha value is 1.27. The Labute approximate surface area is 50.2 Å². The molecule has 5 heavy (non-hydrogen) atoms. The van der Waals surface area contributed by atoms with Crippen molar-refractivity contribution in [2.45, 2.75) is 0 Å². The second-order valence-corrected chi connectivity index (χ2v) is 1.68. The van der Waals surface area contributed by atoms with E-state index in [1.54, 1.807) is 0 Å². The summed E-state index contributed by atoms with van der Waals surface area (Å²) in [5, 5.41) is 0. The molecule has 0 spiro atoms. The topological polar surface area (TPSA) is 0 Å². The van der Waals surface area contributed by atoms with Gasteiger partial charge in [0.05, 0.1) is 0 Å². The van der Waals surface area contributed by atoms with E-state index in [0.717, 1.165) is 0 Å². The van der Waals surface area contributed by atoms with Gasteiger partial charge in [0.1, 0.15) is 0 Å². The van der Waals surface area contributed by atoms with Gasteiger partial charge in [0.25, 0.3) is 0 Å². The molecule has 0 heterocycles. The Morgan fingerprint density at radius 1 is 1.00 bits per heavy atom. The van der Waals surface area contributed by atoms with Crippen LogP contribution in [0.15, 0.2) is 0 Å². The van der Waals surface area contributed by atoms with Gasteiger partial charge in [-0.15, -0.1) is 0 Å². The molecule has 0 aromatic rings. The van der Waals surface area contributed by atoms with E-state index in [1.807, 2.05) is 0 Å². The summed E-state index contributed by atoms with van der Waals surface area (Å²) in [6.07, 6.45) is 0. The number of hydrogen-bond acceptors (Lipinski definition) is 0. The SMILES string of the molecule is [F][Bi]([F])[F].[Li]. The molecule has 0 aliphatic carbocycles. The second kappa shape index (κ2) is 5.27. The fraction of sp³-hybridized carbons (Fsp3) is 0. The number of hydrogen-bond donors (Lipinski definition) is 0. The van der Waals surface area contributed by atoms with Crippen LogP contribution in [0.2, 0.25) is 0 Å². The van der Waals surface area contributed by atoms with Crippen molar-refractivity contribution < 1.29 is 7.88 Å². The van der Waals surface area contributed by atoms with Gasteiger partial charge < -0.3 is 0 Å². The minimum Gasteiger partial charge on any atom is 0 e. The van der Waals surface area contributed by atoms with Crippen LogP contribution in [0.4, 0.5) is 7.88 Å². The van der Waals surface area contributed by atoms with Crippen LogP contribution in [0, 0.1) is 0 Å². The zero-order valence-electron chi connectivity index (χ0n) is 2.58. The van der Waals surface area contributed by atoms with E-state index in [0.29, 0.717) is 0 Å². The molecule has 0 nitrogen and oxygen atoms in total. The molecule has 0 aromatic carbocycles. The van der Waals surface area contributed by atoms with Crippen molar-refractivity contribution in [2.75, 3.05) is 0 Å². The Bertz CT molecular complexity index is 11.6. The van der Waals surface area contributed by atoms with E-state index in [2.05, 4.69) is 0 Å². The van der Waals surface area contributed by atoms with Crippen LogP contribution < -0.4 is 0 Å². The van der Waals surface area contributed by atoms with E-state index in [9.17, 15) is 7.88 Å². The third-order valence-electron chi connectivity index (χ3n) is 0. The second-order valence-electron chi connectivity index (χ2n) is 0.192. The molecule has 0 N–H and O–H groups in total. The largest absolute Gasteiger partial charge is 0 e. The zero-order valence-corrected chi connectivity index (χ0v) is 6.06. The van der Waals surface area contributed by atoms with Gasteiger partial charge in [-0.25, -0.2) is 0 Å². The maximum atomic E-state index is 9.87. The van der Waals surface area contributed by atoms with E-state index in [-0.39, 0.29) is 18.9 Å². The quantitative estimate of drug-likeness (QED) is 0.564. The van der Waals surface area contributed by atoms with Gasteiger partial charge in [0.2, 0.25) is 0 Å². The molecule has 0 saturated heterocycles. The molecule has 0 aliphatic heterocycles. The average Bonchev–Trinajstić information content (AvgIpc) is 0.811. The maximum Gasteiger partial charge on any atom is 0 e. The molecule has 0 rings (SSSR count). The van der Waals surface area contributed by atoms with Crippen molar-refractivity contribution in [3.8, 4) is 0 Å². The molecule has 0 saturated carbocycles. The summed E-state index contributed by atoms with van der Waals surface area (Å²) in [5.74, 6) is 0. The first-order valence-electron chi connectivity index (χ1n) is 0.507. The Balaban J connectivity index is 0. The van der Waals surface area contributed by atoms with Crippen molar-refractivity contribution in [2.24, 2.45) is 0 Å². The van der Waals surface area contributed by atoms with E-state index in [4.69, 9.17) is 0 Å². The summed E-state index contributed by atoms with van der Waals surface area (Å²) in [7, 11) is 0. The van der Waals surface area contributed by atoms with Gasteiger partial charge in [-0.05, 0) is 0 Å². The van der Waals surface area contributed by atoms with Crippen molar-refractivity contribution >= 4 is 42.4 Å². The molecule has 0 aliphatic rings. The zero-order chi connectivity index (χ0) is 3.58. The van der Waals surface area contributed by atoms with Crippen LogP contribution in [0.5, 0.6) is 0 Å². The average molecular weight is 273 g/mol. The van der Waals surface area contributed by atoms with Crippen LogP contribution in [0.1, 0.15) is 0 Å². The number of halogens is 3. The normalized spacial score (nSPS) is 7.20. The summed E-state index contributed by atoms with van der Waals surface area (Å²) in [4.78, 5) is 0. The van der Waals surface area contributed by atoms with Gasteiger partial charge in [0, 0.05) is 18.9 Å². The van der Waals surface area contributed by atoms with Gasteiger partial charge in [-0.2, -0.15) is 0 Å². The Morgan fingerprint density at radius 3 is 1.00 bits per heavy atom. The predicted molar refractivity (Wildman–Crippen MR) is 14.8 cm³/mol. The summed E-state index contributed by atoms with van der Waals surface area (Å²) in [6, 6.07) is 0. The van der Waals surface area contributed by atoms with Crippen molar-refractivity contribution in [3.05, 3.63) is 0 Å². The molecular weight excluding hydrogens is 273 g/mol. The summed E-state index contributed by atoms with van der Waals surface area (Å²) >= 11 is -5.09. The summed E-state index contributed by atoms with van der Waals surface area (Å²) < 4.78 is 29.6. The molecule has 0 bridgehead atoms. The molecule has 0 fully saturated rings. The van der Waals surface area contributed by atoms with E-state index < -0.39 is 23.6 Å². The third kappa shape index (κ3) is 34.9. The first-order valence-corrected chi connectivity index (χ1v) is 4.45. The van der Waals surface area contributed by atoms with Crippen molar-refractivity contribution in [1.82, 2.24) is 0 Å². The first-order chi connectivity index (χ1) is 1.73. The van der Waals surface area contributed by atoms with Gasteiger partial charge in [0.15, 0.2) is 0 Å². The van der Waals surface area contributed by atoms with Crippen molar-refractivity contribution in [3.63, 3.8) is 0 Å². The van der Waals surface area contributed by atoms with Gasteiger partial charge in [-0.1, -0.05) is 0 Å².